The lowest BCUT2D eigenvalue weighted by Gasteiger charge is -2.20. The van der Waals surface area contributed by atoms with Gasteiger partial charge in [0.2, 0.25) is 0 Å². The van der Waals surface area contributed by atoms with Gasteiger partial charge in [-0.25, -0.2) is 4.57 Å². The molecular weight excluding hydrogens is 789 g/mol. The number of hydrogen-bond acceptors (Lipinski definition) is 11. The molecule has 0 aromatic rings. The summed E-state index contributed by atoms with van der Waals surface area (Å²) in [5.74, 6) is -2.60. The summed E-state index contributed by atoms with van der Waals surface area (Å²) in [7, 11) is -4.77. The minimum Gasteiger partial charge on any atom is -0.480 e. The average molecular weight is 864 g/mol. The molecule has 6 N–H and O–H groups in total. The number of phosphoric ester groups is 1. The third kappa shape index (κ3) is 38.5. The number of unbranched alkanes of at least 4 members (excludes halogenated alkanes) is 8. The molecule has 0 radical (unpaired) electrons. The first kappa shape index (κ1) is 56.3. The van der Waals surface area contributed by atoms with Crippen LogP contribution in [0.5, 0.6) is 0 Å². The molecule has 0 rings (SSSR count). The molecule has 0 saturated heterocycles. The van der Waals surface area contributed by atoms with Crippen LogP contribution in [0.15, 0.2) is 97.2 Å². The van der Waals surface area contributed by atoms with E-state index >= 15 is 0 Å². The van der Waals surface area contributed by atoms with Gasteiger partial charge in [0.1, 0.15) is 12.6 Å². The van der Waals surface area contributed by atoms with Crippen molar-refractivity contribution >= 4 is 25.7 Å². The highest BCUT2D eigenvalue weighted by Gasteiger charge is 2.28. The second-order valence-electron chi connectivity index (χ2n) is 14.1. The second kappa shape index (κ2) is 39.5. The zero-order chi connectivity index (χ0) is 44.5. The van der Waals surface area contributed by atoms with E-state index in [1.807, 2.05) is 37.3 Å². The fourth-order valence-electron chi connectivity index (χ4n) is 5.06. The van der Waals surface area contributed by atoms with Crippen LogP contribution in [0.4, 0.5) is 0 Å². The predicted octanol–water partition coefficient (Wildman–Crippen LogP) is 9.22. The van der Waals surface area contributed by atoms with Gasteiger partial charge in [0, 0.05) is 12.8 Å². The van der Waals surface area contributed by atoms with Gasteiger partial charge >= 0.3 is 25.7 Å². The monoisotopic (exact) mass is 863 g/mol. The third-order valence-corrected chi connectivity index (χ3v) is 9.45. The highest BCUT2D eigenvalue weighted by molar-refractivity contribution is 7.47. The smallest absolute Gasteiger partial charge is 0.472 e. The van der Waals surface area contributed by atoms with E-state index in [-0.39, 0.29) is 12.8 Å². The first-order valence-electron chi connectivity index (χ1n) is 21.5. The highest BCUT2D eigenvalue weighted by Crippen LogP contribution is 2.43. The van der Waals surface area contributed by atoms with E-state index in [9.17, 15) is 34.1 Å². The summed E-state index contributed by atoms with van der Waals surface area (Å²) in [5.41, 5.74) is 5.32. The van der Waals surface area contributed by atoms with Crippen LogP contribution in [-0.4, -0.2) is 82.3 Å². The molecule has 0 saturated carbocycles. The molecule has 0 aliphatic carbocycles. The number of allylic oxidation sites excluding steroid dienone is 12. The summed E-state index contributed by atoms with van der Waals surface area (Å²) in [6, 6.07) is -1.56. The molecule has 5 atom stereocenters. The maximum absolute atomic E-state index is 12.6. The number of aliphatic hydroxyl groups is 2. The van der Waals surface area contributed by atoms with Crippen LogP contribution in [0.25, 0.3) is 0 Å². The lowest BCUT2D eigenvalue weighted by molar-refractivity contribution is -0.161. The Labute approximate surface area is 359 Å². The molecule has 340 valence electrons. The van der Waals surface area contributed by atoms with Gasteiger partial charge in [0.25, 0.3) is 0 Å². The summed E-state index contributed by atoms with van der Waals surface area (Å²) < 4.78 is 32.5. The topological polar surface area (TPSA) is 212 Å². The number of carboxylic acids is 1. The van der Waals surface area contributed by atoms with Crippen molar-refractivity contribution in [3.63, 3.8) is 0 Å². The van der Waals surface area contributed by atoms with Crippen molar-refractivity contribution in [2.24, 2.45) is 5.73 Å². The molecule has 0 heterocycles. The number of carboxylic acid groups (broad SMARTS) is 1. The predicted molar refractivity (Wildman–Crippen MR) is 238 cm³/mol. The molecule has 0 spiro atoms. The molecule has 0 aliphatic heterocycles. The van der Waals surface area contributed by atoms with Crippen LogP contribution in [0, 0.1) is 0 Å². The Kier molecular flexibility index (Phi) is 37.0. The van der Waals surface area contributed by atoms with Gasteiger partial charge in [0.15, 0.2) is 6.10 Å². The fraction of sp³-hybridized carbons (Fsp3) is 0.587. The Hall–Kier alpha value is -3.68. The van der Waals surface area contributed by atoms with Gasteiger partial charge in [-0.3, -0.25) is 23.4 Å². The molecule has 1 unspecified atom stereocenters. The van der Waals surface area contributed by atoms with Crippen molar-refractivity contribution in [1.29, 1.82) is 0 Å². The fourth-order valence-corrected chi connectivity index (χ4v) is 5.84. The van der Waals surface area contributed by atoms with E-state index in [1.54, 1.807) is 42.5 Å². The number of aliphatic carboxylic acids is 1. The molecule has 0 aliphatic rings. The Morgan fingerprint density at radius 1 is 0.617 bits per heavy atom. The van der Waals surface area contributed by atoms with Crippen LogP contribution < -0.4 is 5.73 Å². The molecule has 0 amide bonds. The molecule has 13 nitrogen and oxygen atoms in total. The normalized spacial score (nSPS) is 15.7. The van der Waals surface area contributed by atoms with Crippen molar-refractivity contribution in [2.75, 3.05) is 19.8 Å². The first-order valence-corrected chi connectivity index (χ1v) is 23.0. The van der Waals surface area contributed by atoms with E-state index in [1.165, 1.54) is 19.3 Å². The van der Waals surface area contributed by atoms with Crippen LogP contribution in [0.2, 0.25) is 0 Å². The Bertz CT molecular complexity index is 1420. The summed E-state index contributed by atoms with van der Waals surface area (Å²) in [5, 5.41) is 28.8. The number of carbonyl (C=O) groups excluding carboxylic acids is 2. The van der Waals surface area contributed by atoms with Crippen molar-refractivity contribution in [3.8, 4) is 0 Å². The number of rotatable bonds is 38. The zero-order valence-electron chi connectivity index (χ0n) is 36.0. The van der Waals surface area contributed by atoms with Gasteiger partial charge in [-0.2, -0.15) is 0 Å². The Balaban J connectivity index is 4.66. The van der Waals surface area contributed by atoms with Crippen molar-refractivity contribution in [2.45, 2.75) is 154 Å². The third-order valence-electron chi connectivity index (χ3n) is 8.50. The molecule has 0 aromatic carbocycles. The van der Waals surface area contributed by atoms with Crippen LogP contribution in [-0.2, 0) is 37.5 Å². The van der Waals surface area contributed by atoms with E-state index in [0.29, 0.717) is 32.1 Å². The van der Waals surface area contributed by atoms with E-state index in [0.717, 1.165) is 51.4 Å². The van der Waals surface area contributed by atoms with Crippen molar-refractivity contribution < 1.29 is 57.7 Å². The van der Waals surface area contributed by atoms with E-state index in [4.69, 9.17) is 24.8 Å². The Morgan fingerprint density at radius 3 is 1.75 bits per heavy atom. The average Bonchev–Trinajstić information content (AvgIpc) is 3.21. The van der Waals surface area contributed by atoms with Crippen LogP contribution in [0.3, 0.4) is 0 Å². The maximum Gasteiger partial charge on any atom is 0.472 e. The zero-order valence-corrected chi connectivity index (χ0v) is 36.9. The van der Waals surface area contributed by atoms with Gasteiger partial charge in [-0.15, -0.1) is 0 Å². The van der Waals surface area contributed by atoms with Gasteiger partial charge < -0.3 is 35.4 Å². The summed E-state index contributed by atoms with van der Waals surface area (Å²) in [4.78, 5) is 45.9. The van der Waals surface area contributed by atoms with Crippen molar-refractivity contribution in [3.05, 3.63) is 97.2 Å². The number of aliphatic hydroxyl groups excluding tert-OH is 2. The molecule has 60 heavy (non-hydrogen) atoms. The van der Waals surface area contributed by atoms with Gasteiger partial charge in [-0.05, 0) is 70.6 Å². The second-order valence-corrected chi connectivity index (χ2v) is 15.6. The molecule has 0 fully saturated rings. The number of phosphoric acid groups is 1. The van der Waals surface area contributed by atoms with E-state index in [2.05, 4.69) is 35.8 Å². The largest absolute Gasteiger partial charge is 0.480 e. The number of nitrogens with two attached hydrogens (primary N) is 1. The number of ether oxygens (including phenoxy) is 2. The minimum atomic E-state index is -4.77. The number of carbonyl (C=O) groups is 3. The lowest BCUT2D eigenvalue weighted by atomic mass is 10.1. The molecule has 0 bridgehead atoms. The summed E-state index contributed by atoms with van der Waals surface area (Å²) in [6.45, 7) is 2.37. The maximum atomic E-state index is 12.6. The molecule has 14 heteroatoms. The highest BCUT2D eigenvalue weighted by atomic mass is 31.2. The van der Waals surface area contributed by atoms with Crippen molar-refractivity contribution in [1.82, 2.24) is 0 Å². The Morgan fingerprint density at radius 2 is 1.15 bits per heavy atom. The van der Waals surface area contributed by atoms with E-state index < -0.39 is 69.9 Å². The summed E-state index contributed by atoms with van der Waals surface area (Å²) >= 11 is 0. The lowest BCUT2D eigenvalue weighted by Crippen LogP contribution is -2.34. The summed E-state index contributed by atoms with van der Waals surface area (Å²) in [6.07, 6.45) is 42.6. The number of hydrogen-bond donors (Lipinski definition) is 5. The number of esters is 2. The van der Waals surface area contributed by atoms with Gasteiger partial charge in [0.05, 0.1) is 25.4 Å². The van der Waals surface area contributed by atoms with Crippen LogP contribution >= 0.6 is 7.82 Å². The first-order chi connectivity index (χ1) is 28.9. The molecule has 0 aromatic heterocycles. The SMILES string of the molecule is CC/C=C\C[C@H](O)/C=C/C=C\C=C\[C@H](O)C/C=C\C/C=C\CCC(=O)O[C@H](COC(=O)CCCCCCC/C=C\C/C=C\CCCCC)COP(=O)(O)OC[C@H](N)C(=O)O. The van der Waals surface area contributed by atoms with Gasteiger partial charge in [-0.1, -0.05) is 143 Å². The van der Waals surface area contributed by atoms with Crippen LogP contribution in [0.1, 0.15) is 129 Å². The molecular formula is C46H74NO12P. The standard InChI is InChI=1S/C46H74NO12P/c1-3-5-7-8-9-10-11-12-13-14-15-16-17-21-29-35-44(50)56-37-42(38-57-60(54,55)58-39-43(47)46(52)53)59-45(51)36-30-22-19-18-20-26-32-41(49)34-28-24-23-27-33-40(48)31-25-6-4-2/h6,9-10,12-13,19-20,22-28,33-34,40-43,48-49H,3-5,7-8,11,14-18,21,29-32,35-39,47H2,1-2H3,(H,52,53)(H,54,55)/b10-9-,13-12-,22-19-,24-23-,25-6-,26-20-,33-27+,34-28+/t40-,41+,42+,43-/m0/s1. The minimum absolute atomic E-state index is 0.0293. The quantitative estimate of drug-likeness (QED) is 0.0129.